The van der Waals surface area contributed by atoms with Crippen molar-refractivity contribution in [2.24, 2.45) is 5.73 Å². The summed E-state index contributed by atoms with van der Waals surface area (Å²) in [5.41, 5.74) is 8.06. The van der Waals surface area contributed by atoms with Gasteiger partial charge in [-0.1, -0.05) is 42.5 Å². The van der Waals surface area contributed by atoms with Crippen molar-refractivity contribution in [3.8, 4) is 5.75 Å². The molecule has 0 bridgehead atoms. The SMILES string of the molecule is C=C(C)/C(=C\C=C/C)COc1ccc(CC(N)=O)cc1. The first-order chi connectivity index (χ1) is 9.52. The third kappa shape index (κ3) is 5.57. The molecule has 0 unspecified atom stereocenters. The highest BCUT2D eigenvalue weighted by atomic mass is 16.5. The molecule has 0 saturated heterocycles. The highest BCUT2D eigenvalue weighted by Gasteiger charge is 2.01. The molecule has 106 valence electrons. The summed E-state index contributed by atoms with van der Waals surface area (Å²) in [6.07, 6.45) is 6.16. The minimum absolute atomic E-state index is 0.249. The van der Waals surface area contributed by atoms with Crippen LogP contribution in [0.25, 0.3) is 0 Å². The third-order valence-electron chi connectivity index (χ3n) is 2.73. The fraction of sp³-hybridized carbons (Fsp3) is 0.235. The van der Waals surface area contributed by atoms with E-state index >= 15 is 0 Å². The molecule has 0 spiro atoms. The van der Waals surface area contributed by atoms with Crippen LogP contribution in [0.5, 0.6) is 5.75 Å². The van der Waals surface area contributed by atoms with Crippen LogP contribution in [-0.4, -0.2) is 12.5 Å². The van der Waals surface area contributed by atoms with Crippen LogP contribution in [0.1, 0.15) is 19.4 Å². The van der Waals surface area contributed by atoms with Gasteiger partial charge in [0.1, 0.15) is 12.4 Å². The predicted molar refractivity (Wildman–Crippen MR) is 82.5 cm³/mol. The average molecular weight is 271 g/mol. The van der Waals surface area contributed by atoms with E-state index in [4.69, 9.17) is 10.5 Å². The Morgan fingerprint density at radius 3 is 2.50 bits per heavy atom. The number of hydrogen-bond donors (Lipinski definition) is 1. The van der Waals surface area contributed by atoms with E-state index in [0.717, 1.165) is 22.5 Å². The van der Waals surface area contributed by atoms with Crippen molar-refractivity contribution in [3.63, 3.8) is 0 Å². The van der Waals surface area contributed by atoms with Crippen molar-refractivity contribution in [1.29, 1.82) is 0 Å². The molecule has 0 heterocycles. The zero-order chi connectivity index (χ0) is 15.0. The van der Waals surface area contributed by atoms with Crippen molar-refractivity contribution in [2.45, 2.75) is 20.3 Å². The summed E-state index contributed by atoms with van der Waals surface area (Å²) >= 11 is 0. The molecule has 1 amide bonds. The van der Waals surface area contributed by atoms with Gasteiger partial charge in [-0.05, 0) is 37.1 Å². The second-order valence-electron chi connectivity index (χ2n) is 4.57. The quantitative estimate of drug-likeness (QED) is 0.774. The fourth-order valence-electron chi connectivity index (χ4n) is 1.59. The summed E-state index contributed by atoms with van der Waals surface area (Å²) in [5, 5.41) is 0. The van der Waals surface area contributed by atoms with Gasteiger partial charge in [-0.25, -0.2) is 0 Å². The van der Waals surface area contributed by atoms with Gasteiger partial charge in [-0.15, -0.1) is 0 Å². The van der Waals surface area contributed by atoms with Crippen molar-refractivity contribution in [2.75, 3.05) is 6.61 Å². The van der Waals surface area contributed by atoms with Crippen LogP contribution in [0.15, 0.2) is 60.2 Å². The lowest BCUT2D eigenvalue weighted by molar-refractivity contribution is -0.117. The van der Waals surface area contributed by atoms with Gasteiger partial charge >= 0.3 is 0 Å². The summed E-state index contributed by atoms with van der Waals surface area (Å²) in [5.74, 6) is 0.420. The number of rotatable bonds is 7. The molecule has 0 aromatic heterocycles. The maximum Gasteiger partial charge on any atom is 0.221 e. The predicted octanol–water partition coefficient (Wildman–Crippen LogP) is 3.17. The zero-order valence-corrected chi connectivity index (χ0v) is 12.1. The molecule has 1 aromatic carbocycles. The van der Waals surface area contributed by atoms with Crippen molar-refractivity contribution in [1.82, 2.24) is 0 Å². The maximum atomic E-state index is 10.8. The molecule has 0 aliphatic heterocycles. The van der Waals surface area contributed by atoms with E-state index in [-0.39, 0.29) is 12.3 Å². The molecule has 2 N–H and O–H groups in total. The Kier molecular flexibility index (Phi) is 6.30. The van der Waals surface area contributed by atoms with E-state index in [1.54, 1.807) is 0 Å². The van der Waals surface area contributed by atoms with Crippen LogP contribution in [0.4, 0.5) is 0 Å². The Balaban J connectivity index is 2.64. The summed E-state index contributed by atoms with van der Waals surface area (Å²) in [7, 11) is 0. The number of amides is 1. The Bertz CT molecular complexity index is 524. The van der Waals surface area contributed by atoms with Gasteiger partial charge in [-0.2, -0.15) is 0 Å². The van der Waals surface area contributed by atoms with Crippen molar-refractivity contribution >= 4 is 5.91 Å². The molecule has 3 heteroatoms. The van der Waals surface area contributed by atoms with E-state index in [9.17, 15) is 4.79 Å². The molecule has 1 rings (SSSR count). The van der Waals surface area contributed by atoms with Crippen molar-refractivity contribution in [3.05, 3.63) is 65.8 Å². The molecule has 0 radical (unpaired) electrons. The van der Waals surface area contributed by atoms with E-state index < -0.39 is 0 Å². The largest absolute Gasteiger partial charge is 0.489 e. The smallest absolute Gasteiger partial charge is 0.221 e. The monoisotopic (exact) mass is 271 g/mol. The number of allylic oxidation sites excluding steroid dienone is 3. The van der Waals surface area contributed by atoms with Gasteiger partial charge in [-0.3, -0.25) is 4.79 Å². The second kappa shape index (κ2) is 8.00. The first-order valence-electron chi connectivity index (χ1n) is 6.50. The lowest BCUT2D eigenvalue weighted by atomic mass is 10.1. The average Bonchev–Trinajstić information content (AvgIpc) is 2.39. The zero-order valence-electron chi connectivity index (χ0n) is 12.1. The number of benzene rings is 1. The highest BCUT2D eigenvalue weighted by Crippen LogP contribution is 2.15. The van der Waals surface area contributed by atoms with E-state index in [2.05, 4.69) is 6.58 Å². The van der Waals surface area contributed by atoms with Crippen LogP contribution in [0.3, 0.4) is 0 Å². The lowest BCUT2D eigenvalue weighted by Gasteiger charge is -2.10. The first-order valence-corrected chi connectivity index (χ1v) is 6.50. The lowest BCUT2D eigenvalue weighted by Crippen LogP contribution is -2.13. The Hall–Kier alpha value is -2.29. The van der Waals surface area contributed by atoms with Gasteiger partial charge in [0.2, 0.25) is 5.91 Å². The Labute approximate surface area is 120 Å². The van der Waals surface area contributed by atoms with Gasteiger partial charge in [0.15, 0.2) is 0 Å². The number of carbonyl (C=O) groups is 1. The molecular formula is C17H21NO2. The molecule has 0 aliphatic carbocycles. The molecule has 3 nitrogen and oxygen atoms in total. The van der Waals surface area contributed by atoms with Crippen LogP contribution in [-0.2, 0) is 11.2 Å². The molecule has 1 aromatic rings. The van der Waals surface area contributed by atoms with Gasteiger partial charge in [0.25, 0.3) is 0 Å². The number of ether oxygens (including phenoxy) is 1. The topological polar surface area (TPSA) is 52.3 Å². The minimum atomic E-state index is -0.336. The number of primary amides is 1. The summed E-state index contributed by atoms with van der Waals surface area (Å²) in [4.78, 5) is 10.8. The third-order valence-corrected chi connectivity index (χ3v) is 2.73. The second-order valence-corrected chi connectivity index (χ2v) is 4.57. The van der Waals surface area contributed by atoms with Crippen molar-refractivity contribution < 1.29 is 9.53 Å². The van der Waals surface area contributed by atoms with Gasteiger partial charge in [0, 0.05) is 0 Å². The Morgan fingerprint density at radius 1 is 1.35 bits per heavy atom. The Morgan fingerprint density at radius 2 is 2.00 bits per heavy atom. The molecule has 0 atom stereocenters. The van der Waals surface area contributed by atoms with Gasteiger partial charge < -0.3 is 10.5 Å². The summed E-state index contributed by atoms with van der Waals surface area (Å²) < 4.78 is 5.71. The van der Waals surface area contributed by atoms with E-state index in [1.807, 2.05) is 56.3 Å². The fourth-order valence-corrected chi connectivity index (χ4v) is 1.59. The van der Waals surface area contributed by atoms with Crippen LogP contribution in [0.2, 0.25) is 0 Å². The van der Waals surface area contributed by atoms with E-state index in [0.29, 0.717) is 6.61 Å². The molecule has 0 saturated carbocycles. The molecule has 0 fully saturated rings. The number of nitrogens with two attached hydrogens (primary N) is 1. The van der Waals surface area contributed by atoms with Crippen LogP contribution < -0.4 is 10.5 Å². The number of carbonyl (C=O) groups excluding carboxylic acids is 1. The molecule has 20 heavy (non-hydrogen) atoms. The van der Waals surface area contributed by atoms with Crippen LogP contribution in [0, 0.1) is 0 Å². The summed E-state index contributed by atoms with van der Waals surface area (Å²) in [6, 6.07) is 7.36. The first kappa shape index (κ1) is 15.8. The minimum Gasteiger partial charge on any atom is -0.489 e. The molecule has 0 aliphatic rings. The molecular weight excluding hydrogens is 250 g/mol. The van der Waals surface area contributed by atoms with Crippen LogP contribution >= 0.6 is 0 Å². The summed E-state index contributed by atoms with van der Waals surface area (Å²) in [6.45, 7) is 8.32. The highest BCUT2D eigenvalue weighted by molar-refractivity contribution is 5.76. The number of hydrogen-bond acceptors (Lipinski definition) is 2. The maximum absolute atomic E-state index is 10.8. The van der Waals surface area contributed by atoms with Gasteiger partial charge in [0.05, 0.1) is 6.42 Å². The normalized spacial score (nSPS) is 11.6. The van der Waals surface area contributed by atoms with E-state index in [1.165, 1.54) is 0 Å². The standard InChI is InChI=1S/C17H21NO2/c1-4-5-6-15(13(2)3)12-20-16-9-7-14(8-10-16)11-17(18)19/h4-10H,2,11-12H2,1,3H3,(H2,18,19)/b5-4-,15-6-.